The number of methoxy groups -OCH3 is 1. The van der Waals surface area contributed by atoms with E-state index in [1.165, 1.54) is 6.08 Å². The third-order valence-corrected chi connectivity index (χ3v) is 3.29. The molecule has 5 heteroatoms. The summed E-state index contributed by atoms with van der Waals surface area (Å²) in [6, 6.07) is 5.41. The monoisotopic (exact) mass is 275 g/mol. The predicted octanol–water partition coefficient (Wildman–Crippen LogP) is 1.92. The van der Waals surface area contributed by atoms with Gasteiger partial charge in [-0.15, -0.1) is 0 Å². The molecule has 5 nitrogen and oxygen atoms in total. The minimum atomic E-state index is -0.996. The first-order chi connectivity index (χ1) is 9.60. The van der Waals surface area contributed by atoms with Gasteiger partial charge in [-0.1, -0.05) is 6.07 Å². The molecule has 2 rings (SSSR count). The fourth-order valence-electron chi connectivity index (χ4n) is 2.25. The molecule has 0 radical (unpaired) electrons. The molecule has 0 atom stereocenters. The summed E-state index contributed by atoms with van der Waals surface area (Å²) in [6.07, 6.45) is 4.10. The highest BCUT2D eigenvalue weighted by Crippen LogP contribution is 2.22. The first-order valence-electron chi connectivity index (χ1n) is 6.46. The standard InChI is InChI=1S/C15H17NO4/c1-20-13-6-4-11(5-7-15(18)19)12(9-13)10-16-8-2-3-14(16)17/h4-7,9H,2-3,8,10H2,1H3,(H,18,19). The number of hydrogen-bond acceptors (Lipinski definition) is 3. The Bertz CT molecular complexity index is 551. The highest BCUT2D eigenvalue weighted by atomic mass is 16.5. The summed E-state index contributed by atoms with van der Waals surface area (Å²) in [4.78, 5) is 24.1. The number of aliphatic carboxylic acids is 1. The van der Waals surface area contributed by atoms with E-state index in [2.05, 4.69) is 0 Å². The van der Waals surface area contributed by atoms with Crippen LogP contribution in [0.4, 0.5) is 0 Å². The number of carboxylic acids is 1. The fraction of sp³-hybridized carbons (Fsp3) is 0.333. The highest BCUT2D eigenvalue weighted by Gasteiger charge is 2.21. The Morgan fingerprint density at radius 1 is 1.50 bits per heavy atom. The van der Waals surface area contributed by atoms with E-state index < -0.39 is 5.97 Å². The van der Waals surface area contributed by atoms with Crippen molar-refractivity contribution in [3.05, 3.63) is 35.4 Å². The van der Waals surface area contributed by atoms with Gasteiger partial charge in [-0.25, -0.2) is 4.79 Å². The van der Waals surface area contributed by atoms with E-state index in [1.54, 1.807) is 24.1 Å². The Balaban J connectivity index is 2.26. The van der Waals surface area contributed by atoms with Gasteiger partial charge in [0.1, 0.15) is 5.75 Å². The van der Waals surface area contributed by atoms with Crippen LogP contribution >= 0.6 is 0 Å². The van der Waals surface area contributed by atoms with Crippen molar-refractivity contribution in [2.75, 3.05) is 13.7 Å². The van der Waals surface area contributed by atoms with E-state index in [0.717, 1.165) is 30.2 Å². The number of rotatable bonds is 5. The van der Waals surface area contributed by atoms with Gasteiger partial charge < -0.3 is 14.7 Å². The Hall–Kier alpha value is -2.30. The third-order valence-electron chi connectivity index (χ3n) is 3.29. The van der Waals surface area contributed by atoms with Crippen molar-refractivity contribution in [1.82, 2.24) is 4.90 Å². The number of nitrogens with zero attached hydrogens (tertiary/aromatic N) is 1. The lowest BCUT2D eigenvalue weighted by Crippen LogP contribution is -2.24. The zero-order chi connectivity index (χ0) is 14.5. The molecule has 1 saturated heterocycles. The van der Waals surface area contributed by atoms with Gasteiger partial charge in [0.05, 0.1) is 7.11 Å². The topological polar surface area (TPSA) is 66.8 Å². The van der Waals surface area contributed by atoms with Gasteiger partial charge >= 0.3 is 5.97 Å². The van der Waals surface area contributed by atoms with E-state index in [-0.39, 0.29) is 5.91 Å². The normalized spacial score (nSPS) is 15.1. The first-order valence-corrected chi connectivity index (χ1v) is 6.46. The number of carbonyl (C=O) groups is 2. The minimum absolute atomic E-state index is 0.140. The third kappa shape index (κ3) is 3.38. The summed E-state index contributed by atoms with van der Waals surface area (Å²) < 4.78 is 5.18. The van der Waals surface area contributed by atoms with Crippen molar-refractivity contribution < 1.29 is 19.4 Å². The van der Waals surface area contributed by atoms with Gasteiger partial charge in [0.15, 0.2) is 0 Å². The summed E-state index contributed by atoms with van der Waals surface area (Å²) in [7, 11) is 1.58. The van der Waals surface area contributed by atoms with E-state index in [0.29, 0.717) is 18.7 Å². The lowest BCUT2D eigenvalue weighted by atomic mass is 10.1. The van der Waals surface area contributed by atoms with Crippen LogP contribution in [0.5, 0.6) is 5.75 Å². The van der Waals surface area contributed by atoms with Gasteiger partial charge in [0.2, 0.25) is 5.91 Å². The van der Waals surface area contributed by atoms with Crippen LogP contribution in [0, 0.1) is 0 Å². The average molecular weight is 275 g/mol. The maximum Gasteiger partial charge on any atom is 0.328 e. The Labute approximate surface area is 117 Å². The summed E-state index contributed by atoms with van der Waals surface area (Å²) >= 11 is 0. The molecule has 1 amide bonds. The zero-order valence-electron chi connectivity index (χ0n) is 11.3. The van der Waals surface area contributed by atoms with Crippen molar-refractivity contribution in [3.63, 3.8) is 0 Å². The SMILES string of the molecule is COc1ccc(C=CC(=O)O)c(CN2CCCC2=O)c1. The maximum atomic E-state index is 11.7. The van der Waals surface area contributed by atoms with E-state index in [9.17, 15) is 9.59 Å². The molecule has 0 bridgehead atoms. The van der Waals surface area contributed by atoms with Crippen molar-refractivity contribution in [1.29, 1.82) is 0 Å². The minimum Gasteiger partial charge on any atom is -0.497 e. The predicted molar refractivity (Wildman–Crippen MR) is 74.3 cm³/mol. The van der Waals surface area contributed by atoms with Gasteiger partial charge in [0.25, 0.3) is 0 Å². The smallest absolute Gasteiger partial charge is 0.328 e. The van der Waals surface area contributed by atoms with Gasteiger partial charge in [-0.05, 0) is 35.8 Å². The van der Waals surface area contributed by atoms with Crippen LogP contribution in [0.1, 0.15) is 24.0 Å². The van der Waals surface area contributed by atoms with Crippen molar-refractivity contribution in [2.24, 2.45) is 0 Å². The van der Waals surface area contributed by atoms with E-state index in [1.807, 2.05) is 6.07 Å². The number of carboxylic acid groups (broad SMARTS) is 1. The van der Waals surface area contributed by atoms with Gasteiger partial charge in [-0.2, -0.15) is 0 Å². The summed E-state index contributed by atoms with van der Waals surface area (Å²) in [5.74, 6) is -0.163. The maximum absolute atomic E-state index is 11.7. The van der Waals surface area contributed by atoms with Crippen molar-refractivity contribution in [3.8, 4) is 5.75 Å². The molecule has 1 fully saturated rings. The van der Waals surface area contributed by atoms with Crippen molar-refractivity contribution >= 4 is 18.0 Å². The Kier molecular flexibility index (Phi) is 4.40. The molecule has 20 heavy (non-hydrogen) atoms. The molecule has 1 N–H and O–H groups in total. The second-order valence-electron chi connectivity index (χ2n) is 4.66. The quantitative estimate of drug-likeness (QED) is 0.834. The Morgan fingerprint density at radius 2 is 2.30 bits per heavy atom. The molecule has 0 saturated carbocycles. The number of likely N-dealkylation sites (tertiary alicyclic amines) is 1. The van der Waals surface area contributed by atoms with E-state index >= 15 is 0 Å². The van der Waals surface area contributed by atoms with E-state index in [4.69, 9.17) is 9.84 Å². The largest absolute Gasteiger partial charge is 0.497 e. The number of amides is 1. The number of hydrogen-bond donors (Lipinski definition) is 1. The van der Waals surface area contributed by atoms with Crippen LogP contribution in [0.2, 0.25) is 0 Å². The van der Waals surface area contributed by atoms with Crippen LogP contribution in [0.15, 0.2) is 24.3 Å². The molecule has 1 aliphatic rings. The molecule has 0 spiro atoms. The molecule has 1 heterocycles. The number of ether oxygens (including phenoxy) is 1. The van der Waals surface area contributed by atoms with Crippen LogP contribution in [-0.4, -0.2) is 35.5 Å². The van der Waals surface area contributed by atoms with Crippen LogP contribution in [0.3, 0.4) is 0 Å². The summed E-state index contributed by atoms with van der Waals surface area (Å²) in [6.45, 7) is 1.23. The first kappa shape index (κ1) is 14.1. The number of carbonyl (C=O) groups excluding carboxylic acids is 1. The lowest BCUT2D eigenvalue weighted by molar-refractivity contribution is -0.131. The molecule has 1 aromatic carbocycles. The van der Waals surface area contributed by atoms with Crippen LogP contribution in [-0.2, 0) is 16.1 Å². The molecule has 0 aromatic heterocycles. The second-order valence-corrected chi connectivity index (χ2v) is 4.66. The van der Waals surface area contributed by atoms with Crippen molar-refractivity contribution in [2.45, 2.75) is 19.4 Å². The summed E-state index contributed by atoms with van der Waals surface area (Å²) in [5, 5.41) is 8.72. The molecule has 106 valence electrons. The Morgan fingerprint density at radius 3 is 2.90 bits per heavy atom. The lowest BCUT2D eigenvalue weighted by Gasteiger charge is -2.17. The second kappa shape index (κ2) is 6.23. The number of benzene rings is 1. The molecule has 0 unspecified atom stereocenters. The average Bonchev–Trinajstić information content (AvgIpc) is 2.82. The summed E-state index contributed by atoms with van der Waals surface area (Å²) in [5.41, 5.74) is 1.67. The molecule has 0 aliphatic carbocycles. The zero-order valence-corrected chi connectivity index (χ0v) is 11.3. The molecular formula is C15H17NO4. The van der Waals surface area contributed by atoms with Crippen LogP contribution in [0.25, 0.3) is 6.08 Å². The molecule has 1 aliphatic heterocycles. The van der Waals surface area contributed by atoms with Gasteiger partial charge in [-0.3, -0.25) is 4.79 Å². The van der Waals surface area contributed by atoms with Gasteiger partial charge in [0, 0.05) is 25.6 Å². The molecule has 1 aromatic rings. The highest BCUT2D eigenvalue weighted by molar-refractivity contribution is 5.85. The fourth-order valence-corrected chi connectivity index (χ4v) is 2.25. The van der Waals surface area contributed by atoms with Crippen LogP contribution < -0.4 is 4.74 Å². The molecular weight excluding hydrogens is 258 g/mol.